The molecule has 0 fully saturated rings. The van der Waals surface area contributed by atoms with Crippen LogP contribution in [-0.2, 0) is 5.72 Å². The minimum Gasteiger partial charge on any atom is -0.361 e. The zero-order valence-electron chi connectivity index (χ0n) is 13.0. The first-order valence-electron chi connectivity index (χ1n) is 7.85. The van der Waals surface area contributed by atoms with E-state index in [1.807, 2.05) is 91.0 Å². The van der Waals surface area contributed by atoms with Gasteiger partial charge in [-0.2, -0.15) is 0 Å². The van der Waals surface area contributed by atoms with Crippen LogP contribution in [0.25, 0.3) is 0 Å². The van der Waals surface area contributed by atoms with Crippen LogP contribution in [0.3, 0.4) is 0 Å². The first kappa shape index (κ1) is 14.5. The smallest absolute Gasteiger partial charge is 0.228 e. The molecule has 3 nitrogen and oxygen atoms in total. The highest BCUT2D eigenvalue weighted by atomic mass is 16.3. The molecule has 1 atom stereocenters. The molecule has 1 N–H and O–H groups in total. The number of benzene rings is 3. The highest BCUT2D eigenvalue weighted by Gasteiger charge is 2.40. The molecule has 0 saturated carbocycles. The third-order valence-corrected chi connectivity index (χ3v) is 4.07. The van der Waals surface area contributed by atoms with Gasteiger partial charge in [-0.1, -0.05) is 91.0 Å². The molecule has 0 bridgehead atoms. The van der Waals surface area contributed by atoms with Gasteiger partial charge in [0.2, 0.25) is 5.72 Å². The van der Waals surface area contributed by atoms with E-state index in [4.69, 9.17) is 0 Å². The quantitative estimate of drug-likeness (QED) is 0.786. The summed E-state index contributed by atoms with van der Waals surface area (Å²) in [4.78, 5) is 9.26. The summed E-state index contributed by atoms with van der Waals surface area (Å²) in [7, 11) is 0. The van der Waals surface area contributed by atoms with Gasteiger partial charge < -0.3 is 5.11 Å². The third kappa shape index (κ3) is 2.45. The van der Waals surface area contributed by atoms with Crippen molar-refractivity contribution in [2.75, 3.05) is 0 Å². The maximum absolute atomic E-state index is 11.4. The summed E-state index contributed by atoms with van der Waals surface area (Å²) >= 11 is 0. The van der Waals surface area contributed by atoms with Crippen LogP contribution in [0.2, 0.25) is 0 Å². The molecule has 116 valence electrons. The highest BCUT2D eigenvalue weighted by Crippen LogP contribution is 2.33. The van der Waals surface area contributed by atoms with Gasteiger partial charge in [0, 0.05) is 16.7 Å². The zero-order valence-corrected chi connectivity index (χ0v) is 13.0. The van der Waals surface area contributed by atoms with Gasteiger partial charge in [0.05, 0.1) is 0 Å². The Balaban J connectivity index is 1.89. The van der Waals surface area contributed by atoms with E-state index in [9.17, 15) is 5.11 Å². The van der Waals surface area contributed by atoms with Crippen LogP contribution in [0.15, 0.2) is 101 Å². The summed E-state index contributed by atoms with van der Waals surface area (Å²) in [6.07, 6.45) is 0. The SMILES string of the molecule is OC1(c2ccccc2)N=C(c2ccccc2)N=C1c1ccccc1. The topological polar surface area (TPSA) is 45.0 Å². The molecule has 3 aromatic rings. The van der Waals surface area contributed by atoms with Crippen LogP contribution < -0.4 is 0 Å². The van der Waals surface area contributed by atoms with E-state index >= 15 is 0 Å². The molecule has 1 aliphatic rings. The lowest BCUT2D eigenvalue weighted by molar-refractivity contribution is 0.126. The van der Waals surface area contributed by atoms with E-state index in [2.05, 4.69) is 9.98 Å². The molecule has 1 unspecified atom stereocenters. The molecule has 0 saturated heterocycles. The summed E-state index contributed by atoms with van der Waals surface area (Å²) in [5, 5.41) is 11.4. The van der Waals surface area contributed by atoms with Crippen molar-refractivity contribution in [3.63, 3.8) is 0 Å². The number of hydrogen-bond donors (Lipinski definition) is 1. The first-order valence-corrected chi connectivity index (χ1v) is 7.85. The van der Waals surface area contributed by atoms with Crippen LogP contribution in [0.4, 0.5) is 0 Å². The number of nitrogens with zero attached hydrogens (tertiary/aromatic N) is 2. The number of aliphatic imine (C=N–C) groups is 2. The molecule has 0 aliphatic carbocycles. The van der Waals surface area contributed by atoms with E-state index in [0.717, 1.165) is 11.1 Å². The van der Waals surface area contributed by atoms with Gasteiger partial charge in [-0.25, -0.2) is 9.98 Å². The van der Waals surface area contributed by atoms with Crippen molar-refractivity contribution in [3.8, 4) is 0 Å². The molecule has 0 amide bonds. The Hall–Kier alpha value is -3.04. The Morgan fingerprint density at radius 2 is 1.12 bits per heavy atom. The largest absolute Gasteiger partial charge is 0.361 e. The molecular formula is C21H16N2O. The summed E-state index contributed by atoms with van der Waals surface area (Å²) < 4.78 is 0. The predicted octanol–water partition coefficient (Wildman–Crippen LogP) is 3.78. The minimum absolute atomic E-state index is 0.542. The Kier molecular flexibility index (Phi) is 3.56. The van der Waals surface area contributed by atoms with Gasteiger partial charge in [-0.3, -0.25) is 0 Å². The van der Waals surface area contributed by atoms with Gasteiger partial charge in [-0.05, 0) is 0 Å². The Labute approximate surface area is 140 Å². The second-order valence-corrected chi connectivity index (χ2v) is 5.67. The highest BCUT2D eigenvalue weighted by molar-refractivity contribution is 6.20. The number of amidine groups is 1. The molecule has 0 spiro atoms. The van der Waals surface area contributed by atoms with Crippen LogP contribution in [-0.4, -0.2) is 16.7 Å². The summed E-state index contributed by atoms with van der Waals surface area (Å²) in [6.45, 7) is 0. The normalized spacial score (nSPS) is 19.7. The standard InChI is InChI=1S/C21H16N2O/c24-21(18-14-8-3-9-15-18)19(16-10-4-1-5-11-16)22-20(23-21)17-12-6-2-7-13-17/h1-15,24H. The van der Waals surface area contributed by atoms with Crippen LogP contribution in [0.5, 0.6) is 0 Å². The molecule has 4 rings (SSSR count). The second-order valence-electron chi connectivity index (χ2n) is 5.67. The minimum atomic E-state index is -1.48. The summed E-state index contributed by atoms with van der Waals surface area (Å²) in [6, 6.07) is 28.9. The third-order valence-electron chi connectivity index (χ3n) is 4.07. The Morgan fingerprint density at radius 1 is 0.625 bits per heavy atom. The maximum Gasteiger partial charge on any atom is 0.228 e. The molecule has 3 aromatic carbocycles. The Morgan fingerprint density at radius 3 is 1.71 bits per heavy atom. The number of rotatable bonds is 3. The van der Waals surface area contributed by atoms with E-state index < -0.39 is 5.72 Å². The van der Waals surface area contributed by atoms with E-state index in [0.29, 0.717) is 17.1 Å². The van der Waals surface area contributed by atoms with E-state index in [-0.39, 0.29) is 0 Å². The van der Waals surface area contributed by atoms with Crippen molar-refractivity contribution in [2.45, 2.75) is 5.72 Å². The molecule has 0 aromatic heterocycles. The predicted molar refractivity (Wildman–Crippen MR) is 96.3 cm³/mol. The van der Waals surface area contributed by atoms with Crippen molar-refractivity contribution in [3.05, 3.63) is 108 Å². The molecule has 1 aliphatic heterocycles. The van der Waals surface area contributed by atoms with Crippen molar-refractivity contribution in [1.29, 1.82) is 0 Å². The fraction of sp³-hybridized carbons (Fsp3) is 0.0476. The van der Waals surface area contributed by atoms with Crippen LogP contribution in [0, 0.1) is 0 Å². The lowest BCUT2D eigenvalue weighted by Gasteiger charge is -2.22. The van der Waals surface area contributed by atoms with Crippen molar-refractivity contribution in [2.24, 2.45) is 9.98 Å². The molecule has 24 heavy (non-hydrogen) atoms. The van der Waals surface area contributed by atoms with Gasteiger partial charge in [0.25, 0.3) is 0 Å². The molecule has 1 heterocycles. The average molecular weight is 312 g/mol. The zero-order chi connectivity index (χ0) is 16.4. The van der Waals surface area contributed by atoms with Gasteiger partial charge in [0.1, 0.15) is 5.71 Å². The van der Waals surface area contributed by atoms with Crippen LogP contribution in [0.1, 0.15) is 16.7 Å². The molecule has 0 radical (unpaired) electrons. The van der Waals surface area contributed by atoms with E-state index in [1.165, 1.54) is 0 Å². The average Bonchev–Trinajstić information content (AvgIpc) is 3.03. The first-order chi connectivity index (χ1) is 11.8. The van der Waals surface area contributed by atoms with Crippen LogP contribution >= 0.6 is 0 Å². The Bertz CT molecular complexity index is 902. The monoisotopic (exact) mass is 312 g/mol. The number of aliphatic hydroxyl groups is 1. The van der Waals surface area contributed by atoms with Gasteiger partial charge in [-0.15, -0.1) is 0 Å². The maximum atomic E-state index is 11.4. The van der Waals surface area contributed by atoms with Crippen molar-refractivity contribution in [1.82, 2.24) is 0 Å². The summed E-state index contributed by atoms with van der Waals surface area (Å²) in [5.74, 6) is 0.542. The lowest BCUT2D eigenvalue weighted by Crippen LogP contribution is -2.32. The number of hydrogen-bond acceptors (Lipinski definition) is 3. The van der Waals surface area contributed by atoms with Gasteiger partial charge >= 0.3 is 0 Å². The summed E-state index contributed by atoms with van der Waals surface area (Å²) in [5.41, 5.74) is 1.52. The van der Waals surface area contributed by atoms with Crippen molar-refractivity contribution >= 4 is 11.5 Å². The molecule has 3 heteroatoms. The van der Waals surface area contributed by atoms with Crippen molar-refractivity contribution < 1.29 is 5.11 Å². The second kappa shape index (κ2) is 5.87. The fourth-order valence-corrected chi connectivity index (χ4v) is 2.87. The van der Waals surface area contributed by atoms with Gasteiger partial charge in [0.15, 0.2) is 5.84 Å². The lowest BCUT2D eigenvalue weighted by atomic mass is 9.94. The van der Waals surface area contributed by atoms with E-state index in [1.54, 1.807) is 0 Å². The fourth-order valence-electron chi connectivity index (χ4n) is 2.87. The molecular weight excluding hydrogens is 296 g/mol.